The minimum absolute atomic E-state index is 0.109. The predicted molar refractivity (Wildman–Crippen MR) is 81.3 cm³/mol. The van der Waals surface area contributed by atoms with E-state index >= 15 is 0 Å². The molecule has 1 aromatic carbocycles. The average molecular weight is 290 g/mol. The number of benzene rings is 1. The van der Waals surface area contributed by atoms with Crippen molar-refractivity contribution in [2.24, 2.45) is 0 Å². The van der Waals surface area contributed by atoms with Gasteiger partial charge in [-0.05, 0) is 19.8 Å². The molecule has 1 fully saturated rings. The molecule has 1 aliphatic carbocycles. The number of aliphatic hydroxyl groups is 1. The van der Waals surface area contributed by atoms with Crippen LogP contribution in [0.3, 0.4) is 0 Å². The first kappa shape index (κ1) is 17.1. The Hall–Kier alpha value is -1.94. The van der Waals surface area contributed by atoms with Crippen LogP contribution in [0.5, 0.6) is 0 Å². The molecule has 1 aromatic rings. The van der Waals surface area contributed by atoms with Gasteiger partial charge < -0.3 is 10.2 Å². The molecule has 2 N–H and O–H groups in total. The fourth-order valence-electron chi connectivity index (χ4n) is 2.22. The van der Waals surface area contributed by atoms with Crippen molar-refractivity contribution in [1.29, 1.82) is 0 Å². The Morgan fingerprint density at radius 2 is 1.57 bits per heavy atom. The van der Waals surface area contributed by atoms with Gasteiger partial charge in [0.2, 0.25) is 0 Å². The molecule has 0 bridgehead atoms. The molecule has 0 spiro atoms. The summed E-state index contributed by atoms with van der Waals surface area (Å²) in [5.41, 5.74) is -0.295. The second-order valence-corrected chi connectivity index (χ2v) is 5.37. The van der Waals surface area contributed by atoms with Crippen molar-refractivity contribution in [3.63, 3.8) is 0 Å². The summed E-state index contributed by atoms with van der Waals surface area (Å²) < 4.78 is 0. The van der Waals surface area contributed by atoms with Gasteiger partial charge in [0.25, 0.3) is 0 Å². The highest BCUT2D eigenvalue weighted by molar-refractivity contribution is 6.02. The smallest absolute Gasteiger partial charge is 0.330 e. The lowest BCUT2D eigenvalue weighted by Gasteiger charge is -2.30. The molecule has 4 heteroatoms. The Morgan fingerprint density at radius 3 is 2.00 bits per heavy atom. The molecule has 0 heterocycles. The molecule has 0 saturated heterocycles. The number of Topliss-reactive ketones (excluding diaryl/α,β-unsaturated/α-hetero) is 1. The molecule has 0 amide bonds. The maximum absolute atomic E-state index is 12.1. The number of rotatable bonds is 3. The molecule has 114 valence electrons. The van der Waals surface area contributed by atoms with Crippen LogP contribution in [0.25, 0.3) is 0 Å². The summed E-state index contributed by atoms with van der Waals surface area (Å²) in [6, 6.07) is 9.09. The average Bonchev–Trinajstić information content (AvgIpc) is 2.48. The van der Waals surface area contributed by atoms with E-state index in [2.05, 4.69) is 6.58 Å². The van der Waals surface area contributed by atoms with Crippen molar-refractivity contribution in [3.05, 3.63) is 48.0 Å². The van der Waals surface area contributed by atoms with Crippen LogP contribution in [0.15, 0.2) is 42.5 Å². The zero-order valence-corrected chi connectivity index (χ0v) is 12.3. The van der Waals surface area contributed by atoms with E-state index in [0.29, 0.717) is 18.4 Å². The van der Waals surface area contributed by atoms with Gasteiger partial charge in [-0.25, -0.2) is 4.79 Å². The van der Waals surface area contributed by atoms with Crippen LogP contribution in [-0.2, 0) is 4.79 Å². The summed E-state index contributed by atoms with van der Waals surface area (Å²) in [4.78, 5) is 21.7. The highest BCUT2D eigenvalue weighted by atomic mass is 16.4. The van der Waals surface area contributed by atoms with E-state index in [4.69, 9.17) is 5.11 Å². The van der Waals surface area contributed by atoms with Gasteiger partial charge in [0.1, 0.15) is 5.60 Å². The van der Waals surface area contributed by atoms with Crippen molar-refractivity contribution < 1.29 is 19.8 Å². The van der Waals surface area contributed by atoms with Gasteiger partial charge in [0.15, 0.2) is 5.78 Å². The third-order valence-corrected chi connectivity index (χ3v) is 3.50. The standard InChI is InChI=1S/C13H16O2.C4H6O2/c14-12(11-7-3-1-4-8-11)13(15)9-5-2-6-10-13;1-3(2)4(5)6/h1,3-4,7-8,15H,2,5-6,9-10H2;1H2,2H3,(H,5,6). The number of carboxylic acids is 1. The molecule has 1 aliphatic rings. The molecule has 21 heavy (non-hydrogen) atoms. The molecule has 0 aromatic heterocycles. The van der Waals surface area contributed by atoms with Crippen LogP contribution < -0.4 is 0 Å². The summed E-state index contributed by atoms with van der Waals surface area (Å²) in [5, 5.41) is 18.1. The lowest BCUT2D eigenvalue weighted by molar-refractivity contribution is -0.132. The number of carboxylic acid groups (broad SMARTS) is 1. The minimum atomic E-state index is -1.10. The van der Waals surface area contributed by atoms with Crippen LogP contribution in [0, 0.1) is 0 Å². The quantitative estimate of drug-likeness (QED) is 0.662. The van der Waals surface area contributed by atoms with E-state index in [1.165, 1.54) is 6.92 Å². The Balaban J connectivity index is 0.000000315. The highest BCUT2D eigenvalue weighted by Crippen LogP contribution is 2.30. The van der Waals surface area contributed by atoms with Crippen molar-refractivity contribution in [1.82, 2.24) is 0 Å². The topological polar surface area (TPSA) is 74.6 Å². The van der Waals surface area contributed by atoms with E-state index in [-0.39, 0.29) is 11.4 Å². The summed E-state index contributed by atoms with van der Waals surface area (Å²) >= 11 is 0. The Morgan fingerprint density at radius 1 is 1.10 bits per heavy atom. The van der Waals surface area contributed by atoms with Gasteiger partial charge in [0, 0.05) is 11.1 Å². The van der Waals surface area contributed by atoms with Gasteiger partial charge in [-0.3, -0.25) is 4.79 Å². The van der Waals surface area contributed by atoms with E-state index in [0.717, 1.165) is 19.3 Å². The first-order valence-corrected chi connectivity index (χ1v) is 7.08. The molecule has 0 unspecified atom stereocenters. The van der Waals surface area contributed by atoms with Gasteiger partial charge in [-0.2, -0.15) is 0 Å². The van der Waals surface area contributed by atoms with Crippen LogP contribution in [0.2, 0.25) is 0 Å². The van der Waals surface area contributed by atoms with Crippen molar-refractivity contribution >= 4 is 11.8 Å². The van der Waals surface area contributed by atoms with Gasteiger partial charge in [0.05, 0.1) is 0 Å². The van der Waals surface area contributed by atoms with E-state index in [9.17, 15) is 14.7 Å². The van der Waals surface area contributed by atoms with E-state index in [1.54, 1.807) is 12.1 Å². The highest BCUT2D eigenvalue weighted by Gasteiger charge is 2.37. The summed E-state index contributed by atoms with van der Waals surface area (Å²) in [6.07, 6.45) is 4.26. The third kappa shape index (κ3) is 5.16. The normalized spacial score (nSPS) is 16.3. The number of hydrogen-bond acceptors (Lipinski definition) is 3. The number of carbonyl (C=O) groups excluding carboxylic acids is 1. The van der Waals surface area contributed by atoms with Gasteiger partial charge >= 0.3 is 5.97 Å². The summed E-state index contributed by atoms with van der Waals surface area (Å²) in [6.45, 7) is 4.60. The second kappa shape index (κ2) is 7.74. The maximum atomic E-state index is 12.1. The predicted octanol–water partition coefficient (Wildman–Crippen LogP) is 3.21. The summed E-state index contributed by atoms with van der Waals surface area (Å²) in [7, 11) is 0. The Labute approximate surface area is 125 Å². The lowest BCUT2D eigenvalue weighted by Crippen LogP contribution is -2.40. The molecule has 4 nitrogen and oxygen atoms in total. The van der Waals surface area contributed by atoms with Crippen LogP contribution in [0.1, 0.15) is 49.4 Å². The molecule has 0 atom stereocenters. The van der Waals surface area contributed by atoms with E-state index in [1.807, 2.05) is 18.2 Å². The Kier molecular flexibility index (Phi) is 6.31. The summed E-state index contributed by atoms with van der Waals surface area (Å²) in [5.74, 6) is -1.04. The molecule has 2 rings (SSSR count). The molecular weight excluding hydrogens is 268 g/mol. The van der Waals surface area contributed by atoms with Gasteiger partial charge in [-0.15, -0.1) is 0 Å². The SMILES string of the molecule is C=C(C)C(=O)O.O=C(c1ccccc1)C1(O)CCCCC1. The molecule has 0 radical (unpaired) electrons. The lowest BCUT2D eigenvalue weighted by atomic mass is 9.79. The Bertz CT molecular complexity index is 487. The van der Waals surface area contributed by atoms with Crippen LogP contribution in [0.4, 0.5) is 0 Å². The number of aliphatic carboxylic acids is 1. The minimum Gasteiger partial charge on any atom is -0.478 e. The zero-order chi connectivity index (χ0) is 15.9. The van der Waals surface area contributed by atoms with Crippen LogP contribution in [-0.4, -0.2) is 27.6 Å². The maximum Gasteiger partial charge on any atom is 0.330 e. The molecule has 0 aliphatic heterocycles. The van der Waals surface area contributed by atoms with Crippen molar-refractivity contribution in [2.75, 3.05) is 0 Å². The fraction of sp³-hybridized carbons (Fsp3) is 0.412. The molecular formula is C17H22O4. The molecule has 1 saturated carbocycles. The van der Waals surface area contributed by atoms with Crippen molar-refractivity contribution in [3.8, 4) is 0 Å². The van der Waals surface area contributed by atoms with Gasteiger partial charge in [-0.1, -0.05) is 56.2 Å². The first-order chi connectivity index (χ1) is 9.87. The zero-order valence-electron chi connectivity index (χ0n) is 12.3. The largest absolute Gasteiger partial charge is 0.478 e. The third-order valence-electron chi connectivity index (χ3n) is 3.50. The number of carbonyl (C=O) groups is 2. The van der Waals surface area contributed by atoms with Crippen molar-refractivity contribution in [2.45, 2.75) is 44.6 Å². The number of hydrogen-bond donors (Lipinski definition) is 2. The first-order valence-electron chi connectivity index (χ1n) is 7.08. The number of ketones is 1. The van der Waals surface area contributed by atoms with E-state index < -0.39 is 11.6 Å². The second-order valence-electron chi connectivity index (χ2n) is 5.37. The fourth-order valence-corrected chi connectivity index (χ4v) is 2.22. The monoisotopic (exact) mass is 290 g/mol. The van der Waals surface area contributed by atoms with Crippen LogP contribution >= 0.6 is 0 Å².